The second-order valence-electron chi connectivity index (χ2n) is 6.74. The summed E-state index contributed by atoms with van der Waals surface area (Å²) in [7, 11) is -3.81. The monoisotopic (exact) mass is 452 g/mol. The van der Waals surface area contributed by atoms with Crippen LogP contribution in [0.25, 0.3) is 9.88 Å². The quantitative estimate of drug-likeness (QED) is 0.570. The van der Waals surface area contributed by atoms with Gasteiger partial charge in [-0.3, -0.25) is 10.1 Å². The number of hydrogen-bond donors (Lipinski definition) is 2. The van der Waals surface area contributed by atoms with Gasteiger partial charge in [-0.1, -0.05) is 11.3 Å². The highest BCUT2D eigenvalue weighted by Crippen LogP contribution is 2.33. The van der Waals surface area contributed by atoms with Crippen molar-refractivity contribution in [1.29, 1.82) is 0 Å². The maximum atomic E-state index is 14.2. The molecule has 1 aromatic carbocycles. The van der Waals surface area contributed by atoms with Gasteiger partial charge in [0.15, 0.2) is 5.01 Å². The van der Waals surface area contributed by atoms with E-state index < -0.39 is 21.7 Å². The van der Waals surface area contributed by atoms with Gasteiger partial charge < -0.3 is 0 Å². The van der Waals surface area contributed by atoms with Gasteiger partial charge in [0, 0.05) is 6.54 Å². The summed E-state index contributed by atoms with van der Waals surface area (Å²) in [5.74, 6) is -1.25. The van der Waals surface area contributed by atoms with Crippen LogP contribution in [0.2, 0.25) is 0 Å². The van der Waals surface area contributed by atoms with Gasteiger partial charge >= 0.3 is 0 Å². The van der Waals surface area contributed by atoms with Crippen molar-refractivity contribution in [2.75, 3.05) is 11.9 Å². The number of amides is 1. The Labute approximate surface area is 175 Å². The van der Waals surface area contributed by atoms with Crippen LogP contribution in [-0.2, 0) is 10.0 Å². The van der Waals surface area contributed by atoms with Crippen molar-refractivity contribution < 1.29 is 17.6 Å². The fraction of sp³-hybridized carbons (Fsp3) is 0.278. The molecule has 0 saturated heterocycles. The first kappa shape index (κ1) is 20.1. The van der Waals surface area contributed by atoms with Crippen molar-refractivity contribution in [2.45, 2.75) is 24.7 Å². The Bertz CT molecular complexity index is 1170. The van der Waals surface area contributed by atoms with E-state index >= 15 is 0 Å². The normalized spacial score (nSPS) is 14.1. The van der Waals surface area contributed by atoms with Gasteiger partial charge in [0.2, 0.25) is 15.2 Å². The van der Waals surface area contributed by atoms with Crippen LogP contribution in [-0.4, -0.2) is 31.1 Å². The van der Waals surface area contributed by atoms with Gasteiger partial charge in [-0.05, 0) is 60.9 Å². The number of thiophene rings is 1. The molecule has 1 amide bonds. The minimum absolute atomic E-state index is 0.156. The van der Waals surface area contributed by atoms with Crippen molar-refractivity contribution >= 4 is 43.7 Å². The SMILES string of the molecule is Cc1ccsc1-c1nnc(NC(=O)c2cc(S(=O)(=O)NCC3CC3)ccc2F)s1. The number of hydrogen-bond acceptors (Lipinski definition) is 7. The summed E-state index contributed by atoms with van der Waals surface area (Å²) in [4.78, 5) is 13.3. The number of benzene rings is 1. The molecule has 1 fully saturated rings. The number of aryl methyl sites for hydroxylation is 1. The summed E-state index contributed by atoms with van der Waals surface area (Å²) >= 11 is 2.68. The van der Waals surface area contributed by atoms with Gasteiger partial charge in [0.05, 0.1) is 15.3 Å². The highest BCUT2D eigenvalue weighted by molar-refractivity contribution is 7.89. The topological polar surface area (TPSA) is 101 Å². The second kappa shape index (κ2) is 7.90. The molecule has 11 heteroatoms. The van der Waals surface area contributed by atoms with Gasteiger partial charge in [-0.15, -0.1) is 21.5 Å². The third kappa shape index (κ3) is 4.53. The first-order valence-electron chi connectivity index (χ1n) is 8.82. The highest BCUT2D eigenvalue weighted by atomic mass is 32.2. The lowest BCUT2D eigenvalue weighted by Gasteiger charge is -2.08. The lowest BCUT2D eigenvalue weighted by atomic mass is 10.2. The van der Waals surface area contributed by atoms with Crippen molar-refractivity contribution in [1.82, 2.24) is 14.9 Å². The molecule has 0 bridgehead atoms. The molecule has 0 aliphatic heterocycles. The molecule has 0 spiro atoms. The van der Waals surface area contributed by atoms with Crippen LogP contribution >= 0.6 is 22.7 Å². The number of carbonyl (C=O) groups excluding carboxylic acids is 1. The van der Waals surface area contributed by atoms with E-state index in [9.17, 15) is 17.6 Å². The van der Waals surface area contributed by atoms with Crippen LogP contribution in [0, 0.1) is 18.7 Å². The number of rotatable bonds is 7. The maximum Gasteiger partial charge on any atom is 0.260 e. The molecule has 1 aliphatic rings. The molecular formula is C18H17FN4O3S3. The number of nitrogens with zero attached hydrogens (tertiary/aromatic N) is 2. The number of aromatic nitrogens is 2. The van der Waals surface area contributed by atoms with E-state index in [1.54, 1.807) is 0 Å². The molecule has 29 heavy (non-hydrogen) atoms. The number of sulfonamides is 1. The average Bonchev–Trinajstić information content (AvgIpc) is 3.25. The summed E-state index contributed by atoms with van der Waals surface area (Å²) in [6.45, 7) is 2.29. The summed E-state index contributed by atoms with van der Waals surface area (Å²) in [6, 6.07) is 5.11. The van der Waals surface area contributed by atoms with Crippen molar-refractivity contribution in [3.05, 3.63) is 46.6 Å². The standard InChI is InChI=1S/C18H17FN4O3S3/c1-10-6-7-27-15(10)17-22-23-18(28-17)21-16(24)13-8-12(4-5-14(13)19)29(25,26)20-9-11-2-3-11/h4-8,11,20H,2-3,9H2,1H3,(H,21,23,24). The number of halogens is 1. The van der Waals surface area contributed by atoms with E-state index in [2.05, 4.69) is 20.2 Å². The summed E-state index contributed by atoms with van der Waals surface area (Å²) < 4.78 is 41.5. The molecule has 0 atom stereocenters. The second-order valence-corrected chi connectivity index (χ2v) is 10.4. The fourth-order valence-corrected chi connectivity index (χ4v) is 5.56. The van der Waals surface area contributed by atoms with Crippen LogP contribution < -0.4 is 10.0 Å². The van der Waals surface area contributed by atoms with Gasteiger partial charge in [0.1, 0.15) is 5.82 Å². The third-order valence-corrected chi connectivity index (χ3v) is 7.88. The Balaban J connectivity index is 1.52. The fourth-order valence-electron chi connectivity index (χ4n) is 2.60. The van der Waals surface area contributed by atoms with E-state index in [-0.39, 0.29) is 15.6 Å². The van der Waals surface area contributed by atoms with Crippen molar-refractivity contribution in [2.24, 2.45) is 5.92 Å². The van der Waals surface area contributed by atoms with Crippen LogP contribution in [0.4, 0.5) is 9.52 Å². The Morgan fingerprint density at radius 2 is 2.07 bits per heavy atom. The molecule has 2 heterocycles. The van der Waals surface area contributed by atoms with Crippen molar-refractivity contribution in [3.63, 3.8) is 0 Å². The molecule has 2 aromatic heterocycles. The third-order valence-electron chi connectivity index (χ3n) is 4.45. The zero-order valence-electron chi connectivity index (χ0n) is 15.3. The summed E-state index contributed by atoms with van der Waals surface area (Å²) in [5, 5.41) is 13.3. The lowest BCUT2D eigenvalue weighted by molar-refractivity contribution is 0.102. The minimum atomic E-state index is -3.81. The summed E-state index contributed by atoms with van der Waals surface area (Å²) in [6.07, 6.45) is 1.99. The van der Waals surface area contributed by atoms with Crippen LogP contribution in [0.15, 0.2) is 34.5 Å². The van der Waals surface area contributed by atoms with E-state index in [1.807, 2.05) is 18.4 Å². The molecular weight excluding hydrogens is 435 g/mol. The first-order chi connectivity index (χ1) is 13.8. The maximum absolute atomic E-state index is 14.2. The molecule has 1 saturated carbocycles. The van der Waals surface area contributed by atoms with E-state index in [4.69, 9.17) is 0 Å². The van der Waals surface area contributed by atoms with E-state index in [0.29, 0.717) is 17.5 Å². The lowest BCUT2D eigenvalue weighted by Crippen LogP contribution is -2.26. The first-order valence-corrected chi connectivity index (χ1v) is 12.0. The Hall–Kier alpha value is -2.21. The molecule has 1 aliphatic carbocycles. The highest BCUT2D eigenvalue weighted by Gasteiger charge is 2.25. The number of nitrogens with one attached hydrogen (secondary N) is 2. The van der Waals surface area contributed by atoms with Crippen molar-refractivity contribution in [3.8, 4) is 9.88 Å². The van der Waals surface area contributed by atoms with Gasteiger partial charge in [0.25, 0.3) is 5.91 Å². The predicted molar refractivity (Wildman–Crippen MR) is 110 cm³/mol. The Morgan fingerprint density at radius 1 is 1.28 bits per heavy atom. The van der Waals surface area contributed by atoms with Crippen LogP contribution in [0.1, 0.15) is 28.8 Å². The molecule has 152 valence electrons. The van der Waals surface area contributed by atoms with Gasteiger partial charge in [-0.25, -0.2) is 17.5 Å². The van der Waals surface area contributed by atoms with E-state index in [1.165, 1.54) is 11.3 Å². The molecule has 0 radical (unpaired) electrons. The zero-order chi connectivity index (χ0) is 20.6. The molecule has 4 rings (SSSR count). The molecule has 2 N–H and O–H groups in total. The molecule has 0 unspecified atom stereocenters. The average molecular weight is 453 g/mol. The zero-order valence-corrected chi connectivity index (χ0v) is 17.8. The van der Waals surface area contributed by atoms with Gasteiger partial charge in [-0.2, -0.15) is 0 Å². The largest absolute Gasteiger partial charge is 0.296 e. The molecule has 3 aromatic rings. The smallest absolute Gasteiger partial charge is 0.260 e. The molecule has 7 nitrogen and oxygen atoms in total. The Kier molecular flexibility index (Phi) is 5.47. The number of carbonyl (C=O) groups is 1. The van der Waals surface area contributed by atoms with Crippen LogP contribution in [0.3, 0.4) is 0 Å². The summed E-state index contributed by atoms with van der Waals surface area (Å²) in [5.41, 5.74) is 0.676. The Morgan fingerprint density at radius 3 is 2.76 bits per heavy atom. The predicted octanol–water partition coefficient (Wildman–Crippen LogP) is 3.65. The van der Waals surface area contributed by atoms with E-state index in [0.717, 1.165) is 52.8 Å². The number of anilines is 1. The minimum Gasteiger partial charge on any atom is -0.296 e. The van der Waals surface area contributed by atoms with Crippen LogP contribution in [0.5, 0.6) is 0 Å².